The largest absolute Gasteiger partial charge is 0.337 e. The van der Waals surface area contributed by atoms with E-state index >= 15 is 0 Å². The monoisotopic (exact) mass is 434 g/mol. The number of hydrogen-bond acceptors (Lipinski definition) is 3. The molecule has 164 valence electrons. The quantitative estimate of drug-likeness (QED) is 0.486. The van der Waals surface area contributed by atoms with E-state index < -0.39 is 0 Å². The van der Waals surface area contributed by atoms with E-state index in [0.717, 1.165) is 52.8 Å². The maximum absolute atomic E-state index is 13.1. The van der Waals surface area contributed by atoms with Crippen molar-refractivity contribution in [2.75, 3.05) is 27.2 Å². The lowest BCUT2D eigenvalue weighted by Crippen LogP contribution is -2.34. The average Bonchev–Trinajstić information content (AvgIpc) is 3.50. The third-order valence-electron chi connectivity index (χ3n) is 6.32. The fourth-order valence-corrected chi connectivity index (χ4v) is 4.36. The molecule has 5 rings (SSSR count). The molecule has 1 aliphatic rings. The van der Waals surface area contributed by atoms with E-state index in [1.54, 1.807) is 0 Å². The van der Waals surface area contributed by atoms with Crippen molar-refractivity contribution in [3.8, 4) is 23.0 Å². The molecule has 0 aliphatic carbocycles. The molecule has 0 radical (unpaired) electrons. The van der Waals surface area contributed by atoms with Crippen molar-refractivity contribution >= 4 is 16.8 Å². The van der Waals surface area contributed by atoms with Gasteiger partial charge in [-0.15, -0.1) is 0 Å². The normalized spacial score (nSPS) is 15.6. The second kappa shape index (κ2) is 8.93. The number of carbonyl (C=O) groups excluding carboxylic acids is 1. The summed E-state index contributed by atoms with van der Waals surface area (Å²) in [6, 6.07) is 24.4. The highest BCUT2D eigenvalue weighted by atomic mass is 16.2. The highest BCUT2D eigenvalue weighted by Gasteiger charge is 2.28. The molecule has 1 saturated heterocycles. The van der Waals surface area contributed by atoms with Gasteiger partial charge in [0.2, 0.25) is 0 Å². The number of aromatic nitrogens is 2. The van der Waals surface area contributed by atoms with Gasteiger partial charge in [0.1, 0.15) is 5.69 Å². The number of nitrogens with zero attached hydrogens (tertiary/aromatic N) is 3. The number of nitrogens with one attached hydrogen (secondary N) is 1. The summed E-state index contributed by atoms with van der Waals surface area (Å²) in [4.78, 5) is 17.2. The van der Waals surface area contributed by atoms with E-state index in [4.69, 9.17) is 0 Å². The van der Waals surface area contributed by atoms with Gasteiger partial charge in [0.25, 0.3) is 5.91 Å². The second-order valence-electron chi connectivity index (χ2n) is 8.65. The molecule has 0 saturated carbocycles. The predicted molar refractivity (Wildman–Crippen MR) is 132 cm³/mol. The molecule has 1 amide bonds. The highest BCUT2D eigenvalue weighted by Crippen LogP contribution is 2.24. The Kier molecular flexibility index (Phi) is 5.68. The Hall–Kier alpha value is -3.88. The van der Waals surface area contributed by atoms with Crippen LogP contribution in [0, 0.1) is 11.8 Å². The van der Waals surface area contributed by atoms with Gasteiger partial charge in [-0.3, -0.25) is 9.89 Å². The van der Waals surface area contributed by atoms with E-state index in [1.807, 2.05) is 59.5 Å². The lowest BCUT2D eigenvalue weighted by Gasteiger charge is -2.20. The molecule has 5 heteroatoms. The maximum atomic E-state index is 13.1. The standard InChI is InChI=1S/C28H26N4O/c1-31(2)23-16-17-32(19-23)28(33)22-13-15-27-25(18-22)26(29-30-27)14-12-21-10-6-7-11-24(21)20-8-4-3-5-9-20/h3-11,13,15,18,23H,16-17,19H2,1-2H3,(H,29,30). The molecule has 1 N–H and O–H groups in total. The summed E-state index contributed by atoms with van der Waals surface area (Å²) in [6.07, 6.45) is 1.00. The van der Waals surface area contributed by atoms with Gasteiger partial charge in [0.15, 0.2) is 0 Å². The third-order valence-corrected chi connectivity index (χ3v) is 6.32. The minimum Gasteiger partial charge on any atom is -0.337 e. The Bertz CT molecular complexity index is 1360. The molecular weight excluding hydrogens is 408 g/mol. The summed E-state index contributed by atoms with van der Waals surface area (Å²) >= 11 is 0. The van der Waals surface area contributed by atoms with Crippen molar-refractivity contribution in [3.63, 3.8) is 0 Å². The first kappa shape index (κ1) is 21.0. The molecule has 3 aromatic carbocycles. The lowest BCUT2D eigenvalue weighted by atomic mass is 10.00. The van der Waals surface area contributed by atoms with E-state index in [-0.39, 0.29) is 5.91 Å². The first-order valence-electron chi connectivity index (χ1n) is 11.2. The molecule has 4 aromatic rings. The summed E-state index contributed by atoms with van der Waals surface area (Å²) in [5.74, 6) is 6.62. The second-order valence-corrected chi connectivity index (χ2v) is 8.65. The Balaban J connectivity index is 1.45. The zero-order chi connectivity index (χ0) is 22.8. The van der Waals surface area contributed by atoms with Gasteiger partial charge in [-0.1, -0.05) is 54.5 Å². The predicted octanol–water partition coefficient (Wildman–Crippen LogP) is 4.41. The van der Waals surface area contributed by atoms with Crippen molar-refractivity contribution in [2.45, 2.75) is 12.5 Å². The van der Waals surface area contributed by atoms with Crippen LogP contribution in [0.2, 0.25) is 0 Å². The first-order valence-corrected chi connectivity index (χ1v) is 11.2. The Labute approximate surface area is 194 Å². The summed E-state index contributed by atoms with van der Waals surface area (Å²) in [7, 11) is 4.13. The summed E-state index contributed by atoms with van der Waals surface area (Å²) < 4.78 is 0. The molecular formula is C28H26N4O. The third kappa shape index (κ3) is 4.26. The summed E-state index contributed by atoms with van der Waals surface area (Å²) in [5, 5.41) is 8.30. The molecule has 0 bridgehead atoms. The van der Waals surface area contributed by atoms with Gasteiger partial charge in [-0.05, 0) is 61.8 Å². The van der Waals surface area contributed by atoms with Crippen molar-refractivity contribution < 1.29 is 4.79 Å². The topological polar surface area (TPSA) is 52.2 Å². The molecule has 1 atom stereocenters. The molecule has 1 aliphatic heterocycles. The Morgan fingerprint density at radius 3 is 2.61 bits per heavy atom. The van der Waals surface area contributed by atoms with Crippen molar-refractivity contribution in [3.05, 3.63) is 89.6 Å². The summed E-state index contributed by atoms with van der Waals surface area (Å²) in [6.45, 7) is 1.55. The highest BCUT2D eigenvalue weighted by molar-refractivity contribution is 5.99. The summed E-state index contributed by atoms with van der Waals surface area (Å²) in [5.41, 5.74) is 5.37. The van der Waals surface area contributed by atoms with Crippen LogP contribution in [0.25, 0.3) is 22.0 Å². The number of benzene rings is 3. The minimum absolute atomic E-state index is 0.0655. The van der Waals surface area contributed by atoms with Crippen LogP contribution in [0.15, 0.2) is 72.8 Å². The number of H-pyrrole nitrogens is 1. The molecule has 2 heterocycles. The number of aromatic amines is 1. The van der Waals surface area contributed by atoms with Crippen LogP contribution in [-0.4, -0.2) is 59.1 Å². The van der Waals surface area contributed by atoms with E-state index in [9.17, 15) is 4.79 Å². The lowest BCUT2D eigenvalue weighted by molar-refractivity contribution is 0.0783. The number of likely N-dealkylation sites (N-methyl/N-ethyl adjacent to an activating group) is 1. The molecule has 5 nitrogen and oxygen atoms in total. The number of carbonyl (C=O) groups is 1. The maximum Gasteiger partial charge on any atom is 0.253 e. The number of fused-ring (bicyclic) bond motifs is 1. The van der Waals surface area contributed by atoms with Gasteiger partial charge in [-0.2, -0.15) is 5.10 Å². The molecule has 1 unspecified atom stereocenters. The van der Waals surface area contributed by atoms with Gasteiger partial charge in [0, 0.05) is 35.6 Å². The average molecular weight is 435 g/mol. The molecule has 1 fully saturated rings. The Morgan fingerprint density at radius 2 is 1.82 bits per heavy atom. The minimum atomic E-state index is 0.0655. The van der Waals surface area contributed by atoms with Crippen molar-refractivity contribution in [1.29, 1.82) is 0 Å². The van der Waals surface area contributed by atoms with E-state index in [2.05, 4.69) is 59.2 Å². The van der Waals surface area contributed by atoms with Crippen LogP contribution in [0.1, 0.15) is 28.0 Å². The first-order chi connectivity index (χ1) is 16.1. The Morgan fingerprint density at radius 1 is 1.03 bits per heavy atom. The molecule has 0 spiro atoms. The smallest absolute Gasteiger partial charge is 0.253 e. The van der Waals surface area contributed by atoms with Crippen LogP contribution in [0.3, 0.4) is 0 Å². The van der Waals surface area contributed by atoms with Gasteiger partial charge in [0.05, 0.1) is 5.52 Å². The van der Waals surface area contributed by atoms with E-state index in [0.29, 0.717) is 11.6 Å². The zero-order valence-corrected chi connectivity index (χ0v) is 18.9. The van der Waals surface area contributed by atoms with Crippen LogP contribution in [0.5, 0.6) is 0 Å². The van der Waals surface area contributed by atoms with Crippen LogP contribution < -0.4 is 0 Å². The number of rotatable bonds is 3. The van der Waals surface area contributed by atoms with Crippen molar-refractivity contribution in [2.24, 2.45) is 0 Å². The van der Waals surface area contributed by atoms with E-state index in [1.165, 1.54) is 0 Å². The number of hydrogen-bond donors (Lipinski definition) is 1. The fourth-order valence-electron chi connectivity index (χ4n) is 4.36. The molecule has 1 aromatic heterocycles. The number of likely N-dealkylation sites (tertiary alicyclic amines) is 1. The van der Waals surface area contributed by atoms with Gasteiger partial charge < -0.3 is 9.80 Å². The number of amides is 1. The van der Waals surface area contributed by atoms with Crippen LogP contribution in [-0.2, 0) is 0 Å². The molecule has 33 heavy (non-hydrogen) atoms. The van der Waals surface area contributed by atoms with Gasteiger partial charge >= 0.3 is 0 Å². The zero-order valence-electron chi connectivity index (χ0n) is 18.9. The SMILES string of the molecule is CN(C)C1CCN(C(=O)c2ccc3n[nH]c(C#Cc4ccccc4-c4ccccc4)c3c2)C1. The van der Waals surface area contributed by atoms with Crippen molar-refractivity contribution in [1.82, 2.24) is 20.0 Å². The van der Waals surface area contributed by atoms with Gasteiger partial charge in [-0.25, -0.2) is 0 Å². The van der Waals surface area contributed by atoms with Crippen LogP contribution >= 0.6 is 0 Å². The fraction of sp³-hybridized carbons (Fsp3) is 0.214. The van der Waals surface area contributed by atoms with Crippen LogP contribution in [0.4, 0.5) is 0 Å².